The van der Waals surface area contributed by atoms with Crippen molar-refractivity contribution in [2.75, 3.05) is 18.5 Å². The number of para-hydroxylation sites is 2. The minimum absolute atomic E-state index is 0.0452. The fraction of sp³-hybridized carbons (Fsp3) is 0.158. The predicted molar refractivity (Wildman–Crippen MR) is 104 cm³/mol. The molecule has 1 aliphatic rings. The van der Waals surface area contributed by atoms with E-state index in [9.17, 15) is 14.4 Å². The molecule has 2 aromatic rings. The van der Waals surface area contributed by atoms with Crippen molar-refractivity contribution in [3.63, 3.8) is 0 Å². The van der Waals surface area contributed by atoms with E-state index in [-0.39, 0.29) is 5.11 Å². The lowest BCUT2D eigenvalue weighted by molar-refractivity contribution is -0.120. The summed E-state index contributed by atoms with van der Waals surface area (Å²) in [7, 11) is 0. The second kappa shape index (κ2) is 7.96. The molecule has 0 fully saturated rings. The van der Waals surface area contributed by atoms with Gasteiger partial charge in [-0.25, -0.2) is 0 Å². The first-order valence-corrected chi connectivity index (χ1v) is 8.70. The van der Waals surface area contributed by atoms with Crippen LogP contribution < -0.4 is 15.4 Å². The molecule has 27 heavy (non-hydrogen) atoms. The number of fused-ring (bicyclic) bond motifs is 1. The number of hydrogen-bond acceptors (Lipinski definition) is 5. The van der Waals surface area contributed by atoms with E-state index in [4.69, 9.17) is 17.0 Å². The molecule has 7 nitrogen and oxygen atoms in total. The van der Waals surface area contributed by atoms with Gasteiger partial charge in [0.25, 0.3) is 11.8 Å². The van der Waals surface area contributed by atoms with E-state index in [1.54, 1.807) is 42.5 Å². The SMILES string of the molecule is CCOc1ccccc1NC(=S)NC(=O)CN1C(=O)c2ccccc2C1=O. The molecule has 0 atom stereocenters. The largest absolute Gasteiger partial charge is 0.492 e. The van der Waals surface area contributed by atoms with Crippen LogP contribution in [0.4, 0.5) is 5.69 Å². The minimum Gasteiger partial charge on any atom is -0.492 e. The summed E-state index contributed by atoms with van der Waals surface area (Å²) in [6, 6.07) is 13.6. The maximum Gasteiger partial charge on any atom is 0.262 e. The summed E-state index contributed by atoms with van der Waals surface area (Å²) in [5, 5.41) is 5.39. The van der Waals surface area contributed by atoms with E-state index < -0.39 is 24.3 Å². The van der Waals surface area contributed by atoms with Crippen molar-refractivity contribution in [1.82, 2.24) is 10.2 Å². The Morgan fingerprint density at radius 1 is 1.04 bits per heavy atom. The standard InChI is InChI=1S/C19H17N3O4S/c1-2-26-15-10-6-5-9-14(15)20-19(27)21-16(23)11-22-17(24)12-7-3-4-8-13(12)18(22)25/h3-10H,2,11H2,1H3,(H2,20,21,23,27). The highest BCUT2D eigenvalue weighted by Gasteiger charge is 2.36. The Labute approximate surface area is 161 Å². The van der Waals surface area contributed by atoms with Gasteiger partial charge in [0.15, 0.2) is 5.11 Å². The van der Waals surface area contributed by atoms with Gasteiger partial charge in [0, 0.05) is 0 Å². The van der Waals surface area contributed by atoms with Gasteiger partial charge in [-0.15, -0.1) is 0 Å². The van der Waals surface area contributed by atoms with E-state index in [2.05, 4.69) is 10.6 Å². The summed E-state index contributed by atoms with van der Waals surface area (Å²) >= 11 is 5.14. The normalized spacial score (nSPS) is 12.6. The molecular formula is C19H17N3O4S. The first-order valence-electron chi connectivity index (χ1n) is 8.29. The molecule has 0 aromatic heterocycles. The van der Waals surface area contributed by atoms with Gasteiger partial charge in [0.1, 0.15) is 12.3 Å². The fourth-order valence-corrected chi connectivity index (χ4v) is 2.92. The summed E-state index contributed by atoms with van der Waals surface area (Å²) in [6.45, 7) is 1.93. The Bertz CT molecular complexity index is 894. The zero-order chi connectivity index (χ0) is 19.4. The molecule has 3 rings (SSSR count). The maximum absolute atomic E-state index is 12.3. The average Bonchev–Trinajstić information content (AvgIpc) is 2.89. The molecule has 0 saturated carbocycles. The van der Waals surface area contributed by atoms with Crippen molar-refractivity contribution < 1.29 is 19.1 Å². The smallest absolute Gasteiger partial charge is 0.262 e. The van der Waals surface area contributed by atoms with Crippen molar-refractivity contribution in [2.45, 2.75) is 6.92 Å². The van der Waals surface area contributed by atoms with E-state index in [1.165, 1.54) is 0 Å². The van der Waals surface area contributed by atoms with E-state index in [0.717, 1.165) is 4.90 Å². The Kier molecular flexibility index (Phi) is 5.46. The molecule has 3 amide bonds. The average molecular weight is 383 g/mol. The van der Waals surface area contributed by atoms with Crippen molar-refractivity contribution in [3.8, 4) is 5.75 Å². The van der Waals surface area contributed by atoms with Gasteiger partial charge in [-0.05, 0) is 43.4 Å². The molecule has 0 aliphatic carbocycles. The van der Waals surface area contributed by atoms with Gasteiger partial charge in [-0.1, -0.05) is 24.3 Å². The number of carbonyl (C=O) groups is 3. The summed E-state index contributed by atoms with van der Waals surface area (Å²) < 4.78 is 5.48. The van der Waals surface area contributed by atoms with Crippen LogP contribution in [-0.2, 0) is 4.79 Å². The number of benzene rings is 2. The molecule has 2 aromatic carbocycles. The highest BCUT2D eigenvalue weighted by atomic mass is 32.1. The monoisotopic (exact) mass is 383 g/mol. The van der Waals surface area contributed by atoms with Gasteiger partial charge in [0.05, 0.1) is 23.4 Å². The van der Waals surface area contributed by atoms with E-state index >= 15 is 0 Å². The van der Waals surface area contributed by atoms with E-state index in [0.29, 0.717) is 29.2 Å². The second-order valence-corrected chi connectivity index (χ2v) is 6.08. The molecule has 0 saturated heterocycles. The van der Waals surface area contributed by atoms with Crippen molar-refractivity contribution in [2.24, 2.45) is 0 Å². The third-order valence-corrected chi connectivity index (χ3v) is 4.07. The quantitative estimate of drug-likeness (QED) is 0.608. The number of imide groups is 1. The first-order chi connectivity index (χ1) is 13.0. The Morgan fingerprint density at radius 2 is 1.63 bits per heavy atom. The first kappa shape index (κ1) is 18.5. The number of hydrogen-bond donors (Lipinski definition) is 2. The zero-order valence-electron chi connectivity index (χ0n) is 14.5. The predicted octanol–water partition coefficient (Wildman–Crippen LogP) is 2.19. The van der Waals surface area contributed by atoms with Gasteiger partial charge in [-0.3, -0.25) is 19.3 Å². The molecular weight excluding hydrogens is 366 g/mol. The van der Waals surface area contributed by atoms with Crippen LogP contribution in [0.3, 0.4) is 0 Å². The zero-order valence-corrected chi connectivity index (χ0v) is 15.3. The number of nitrogens with one attached hydrogen (secondary N) is 2. The molecule has 0 unspecified atom stereocenters. The highest BCUT2D eigenvalue weighted by molar-refractivity contribution is 7.80. The minimum atomic E-state index is -0.573. The molecule has 0 radical (unpaired) electrons. The number of nitrogens with zero attached hydrogens (tertiary/aromatic N) is 1. The van der Waals surface area contributed by atoms with Crippen LogP contribution in [0.1, 0.15) is 27.6 Å². The van der Waals surface area contributed by atoms with Gasteiger partial charge < -0.3 is 15.4 Å². The van der Waals surface area contributed by atoms with Gasteiger partial charge in [-0.2, -0.15) is 0 Å². The number of carbonyl (C=O) groups excluding carboxylic acids is 3. The molecule has 1 heterocycles. The van der Waals surface area contributed by atoms with Crippen LogP contribution in [0.25, 0.3) is 0 Å². The number of rotatable bonds is 5. The van der Waals surface area contributed by atoms with Crippen LogP contribution in [0.2, 0.25) is 0 Å². The number of anilines is 1. The summed E-state index contributed by atoms with van der Waals surface area (Å²) in [6.07, 6.45) is 0. The summed E-state index contributed by atoms with van der Waals surface area (Å²) in [5.74, 6) is -0.967. The number of thiocarbonyl (C=S) groups is 1. The van der Waals surface area contributed by atoms with Crippen molar-refractivity contribution >= 4 is 40.7 Å². The number of ether oxygens (including phenoxy) is 1. The maximum atomic E-state index is 12.3. The molecule has 138 valence electrons. The van der Waals surface area contributed by atoms with Crippen LogP contribution >= 0.6 is 12.2 Å². The lowest BCUT2D eigenvalue weighted by atomic mass is 10.1. The topological polar surface area (TPSA) is 87.7 Å². The molecule has 0 spiro atoms. The fourth-order valence-electron chi connectivity index (χ4n) is 2.70. The van der Waals surface area contributed by atoms with Crippen LogP contribution in [0.15, 0.2) is 48.5 Å². The summed E-state index contributed by atoms with van der Waals surface area (Å²) in [5.41, 5.74) is 1.19. The Balaban J connectivity index is 1.61. The Morgan fingerprint density at radius 3 is 2.26 bits per heavy atom. The lowest BCUT2D eigenvalue weighted by Gasteiger charge is -2.16. The van der Waals surface area contributed by atoms with Crippen molar-refractivity contribution in [3.05, 3.63) is 59.7 Å². The van der Waals surface area contributed by atoms with Crippen molar-refractivity contribution in [1.29, 1.82) is 0 Å². The number of amides is 3. The van der Waals surface area contributed by atoms with Crippen LogP contribution in [0.5, 0.6) is 5.75 Å². The molecule has 8 heteroatoms. The van der Waals surface area contributed by atoms with Crippen LogP contribution in [0, 0.1) is 0 Å². The van der Waals surface area contributed by atoms with Gasteiger partial charge >= 0.3 is 0 Å². The lowest BCUT2D eigenvalue weighted by Crippen LogP contribution is -2.43. The second-order valence-electron chi connectivity index (χ2n) is 5.67. The summed E-state index contributed by atoms with van der Waals surface area (Å²) in [4.78, 5) is 37.7. The Hall–Kier alpha value is -3.26. The van der Waals surface area contributed by atoms with Gasteiger partial charge in [0.2, 0.25) is 5.91 Å². The van der Waals surface area contributed by atoms with E-state index in [1.807, 2.05) is 13.0 Å². The molecule has 0 bridgehead atoms. The molecule has 1 aliphatic heterocycles. The third-order valence-electron chi connectivity index (χ3n) is 3.87. The van der Waals surface area contributed by atoms with Crippen LogP contribution in [-0.4, -0.2) is 40.9 Å². The highest BCUT2D eigenvalue weighted by Crippen LogP contribution is 2.24. The molecule has 2 N–H and O–H groups in total. The third kappa shape index (κ3) is 3.95.